The molecule has 10 heteroatoms. The van der Waals surface area contributed by atoms with Gasteiger partial charge in [-0.2, -0.15) is 4.31 Å². The minimum Gasteiger partial charge on any atom is -0.373 e. The molecule has 3 aromatic rings. The fourth-order valence-electron chi connectivity index (χ4n) is 4.02. The van der Waals surface area contributed by atoms with E-state index in [0.29, 0.717) is 35.4 Å². The van der Waals surface area contributed by atoms with Crippen LogP contribution in [0.3, 0.4) is 0 Å². The maximum atomic E-state index is 13.1. The van der Waals surface area contributed by atoms with Crippen LogP contribution in [0.15, 0.2) is 34.9 Å². The molecule has 1 aliphatic heterocycles. The van der Waals surface area contributed by atoms with Gasteiger partial charge in [0.1, 0.15) is 0 Å². The average molecular weight is 473 g/mol. The van der Waals surface area contributed by atoms with Crippen LogP contribution in [0.25, 0.3) is 22.4 Å². The van der Waals surface area contributed by atoms with Gasteiger partial charge in [0.05, 0.1) is 40.3 Å². The van der Waals surface area contributed by atoms with E-state index in [1.165, 1.54) is 4.31 Å². The van der Waals surface area contributed by atoms with Crippen molar-refractivity contribution in [1.82, 2.24) is 19.8 Å². The zero-order chi connectivity index (χ0) is 23.8. The number of amides is 1. The Hall–Kier alpha value is -2.82. The van der Waals surface area contributed by atoms with Crippen LogP contribution < -0.4 is 5.32 Å². The standard InChI is InChI=1S/C23H28N4O5S/c1-14-5-7-18(8-6-14)20-11-19(21-17(4)26-32-23(21)25-20)22(28)24-9-10-33(29,30)27-12-15(2)31-16(3)13-27/h5-8,11,15-16H,9-10,12-13H2,1-4H3,(H,24,28). The first-order valence-corrected chi connectivity index (χ1v) is 12.5. The number of pyridine rings is 1. The van der Waals surface area contributed by atoms with Gasteiger partial charge < -0.3 is 14.6 Å². The van der Waals surface area contributed by atoms with E-state index in [2.05, 4.69) is 15.5 Å². The molecule has 1 aliphatic rings. The quantitative estimate of drug-likeness (QED) is 0.586. The van der Waals surface area contributed by atoms with Crippen molar-refractivity contribution in [3.8, 4) is 11.3 Å². The van der Waals surface area contributed by atoms with Crippen LogP contribution >= 0.6 is 0 Å². The van der Waals surface area contributed by atoms with Gasteiger partial charge in [-0.15, -0.1) is 0 Å². The highest BCUT2D eigenvalue weighted by Crippen LogP contribution is 2.27. The molecule has 1 amide bonds. The highest BCUT2D eigenvalue weighted by molar-refractivity contribution is 7.89. The molecule has 1 N–H and O–H groups in total. The normalized spacial score (nSPS) is 19.6. The molecule has 2 unspecified atom stereocenters. The van der Waals surface area contributed by atoms with Crippen LogP contribution in [0.2, 0.25) is 0 Å². The van der Waals surface area contributed by atoms with Gasteiger partial charge in [-0.1, -0.05) is 35.0 Å². The lowest BCUT2D eigenvalue weighted by Gasteiger charge is -2.34. The maximum absolute atomic E-state index is 13.1. The molecule has 176 valence electrons. The molecule has 2 atom stereocenters. The number of morpholine rings is 1. The van der Waals surface area contributed by atoms with Crippen LogP contribution in [-0.4, -0.2) is 66.4 Å². The lowest BCUT2D eigenvalue weighted by molar-refractivity contribution is -0.0440. The van der Waals surface area contributed by atoms with Crippen molar-refractivity contribution in [1.29, 1.82) is 0 Å². The third-order valence-corrected chi connectivity index (χ3v) is 7.44. The SMILES string of the molecule is Cc1ccc(-c2cc(C(=O)NCCS(=O)(=O)N3CC(C)OC(C)C3)c3c(C)noc3n2)cc1. The molecule has 4 rings (SSSR count). The van der Waals surface area contributed by atoms with Crippen LogP contribution in [-0.2, 0) is 14.8 Å². The molecule has 1 fully saturated rings. The Morgan fingerprint density at radius 3 is 2.48 bits per heavy atom. The number of aryl methyl sites for hydroxylation is 2. The number of aromatic nitrogens is 2. The topological polar surface area (TPSA) is 115 Å². The molecule has 0 bridgehead atoms. The molecule has 1 aromatic carbocycles. The van der Waals surface area contributed by atoms with E-state index in [0.717, 1.165) is 11.1 Å². The first kappa shape index (κ1) is 23.3. The third kappa shape index (κ3) is 5.07. The highest BCUT2D eigenvalue weighted by Gasteiger charge is 2.31. The zero-order valence-corrected chi connectivity index (χ0v) is 20.0. The van der Waals surface area contributed by atoms with Gasteiger partial charge in [0, 0.05) is 25.2 Å². The lowest BCUT2D eigenvalue weighted by atomic mass is 10.0. The predicted molar refractivity (Wildman–Crippen MR) is 124 cm³/mol. The van der Waals surface area contributed by atoms with Crippen LogP contribution in [0.5, 0.6) is 0 Å². The lowest BCUT2D eigenvalue weighted by Crippen LogP contribution is -2.49. The van der Waals surface area contributed by atoms with Crippen molar-refractivity contribution in [3.05, 3.63) is 47.2 Å². The van der Waals surface area contributed by atoms with Gasteiger partial charge in [-0.3, -0.25) is 4.79 Å². The highest BCUT2D eigenvalue weighted by atomic mass is 32.2. The smallest absolute Gasteiger partial charge is 0.259 e. The number of sulfonamides is 1. The number of rotatable bonds is 6. The van der Waals surface area contributed by atoms with Crippen LogP contribution in [0, 0.1) is 13.8 Å². The Morgan fingerprint density at radius 1 is 1.15 bits per heavy atom. The summed E-state index contributed by atoms with van der Waals surface area (Å²) in [4.78, 5) is 17.6. The van der Waals surface area contributed by atoms with Gasteiger partial charge in [0.25, 0.3) is 11.6 Å². The summed E-state index contributed by atoms with van der Waals surface area (Å²) in [5.41, 5.74) is 3.68. The molecular weight excluding hydrogens is 444 g/mol. The van der Waals surface area contributed by atoms with E-state index in [4.69, 9.17) is 9.26 Å². The second kappa shape index (κ2) is 9.20. The molecule has 0 radical (unpaired) electrons. The Balaban J connectivity index is 1.53. The van der Waals surface area contributed by atoms with Gasteiger partial charge >= 0.3 is 0 Å². The molecule has 0 saturated carbocycles. The number of ether oxygens (including phenoxy) is 1. The zero-order valence-electron chi connectivity index (χ0n) is 19.2. The summed E-state index contributed by atoms with van der Waals surface area (Å²) < 4.78 is 37.9. The Kier molecular flexibility index (Phi) is 6.51. The minimum absolute atomic E-state index is 0.0186. The fourth-order valence-corrected chi connectivity index (χ4v) is 5.51. The van der Waals surface area contributed by atoms with Crippen molar-refractivity contribution in [2.45, 2.75) is 39.9 Å². The average Bonchev–Trinajstić information content (AvgIpc) is 3.13. The van der Waals surface area contributed by atoms with E-state index in [9.17, 15) is 13.2 Å². The second-order valence-electron chi connectivity index (χ2n) is 8.52. The number of hydrogen-bond acceptors (Lipinski definition) is 7. The molecular formula is C23H28N4O5S. The number of benzene rings is 1. The molecule has 33 heavy (non-hydrogen) atoms. The Morgan fingerprint density at radius 2 is 1.82 bits per heavy atom. The van der Waals surface area contributed by atoms with Crippen molar-refractivity contribution in [3.63, 3.8) is 0 Å². The van der Waals surface area contributed by atoms with Gasteiger partial charge in [-0.25, -0.2) is 13.4 Å². The molecule has 9 nitrogen and oxygen atoms in total. The van der Waals surface area contributed by atoms with E-state index >= 15 is 0 Å². The fraction of sp³-hybridized carbons (Fsp3) is 0.435. The van der Waals surface area contributed by atoms with E-state index in [1.54, 1.807) is 13.0 Å². The number of carbonyl (C=O) groups is 1. The predicted octanol–water partition coefficient (Wildman–Crippen LogP) is 2.68. The monoisotopic (exact) mass is 472 g/mol. The van der Waals surface area contributed by atoms with Gasteiger partial charge in [0.15, 0.2) is 0 Å². The number of nitrogens with one attached hydrogen (secondary N) is 1. The third-order valence-electron chi connectivity index (χ3n) is 5.63. The largest absolute Gasteiger partial charge is 0.373 e. The van der Waals surface area contributed by atoms with Crippen molar-refractivity contribution in [2.24, 2.45) is 0 Å². The Bertz CT molecular complexity index is 1260. The van der Waals surface area contributed by atoms with Gasteiger partial charge in [0.2, 0.25) is 10.0 Å². The van der Waals surface area contributed by atoms with Crippen molar-refractivity contribution in [2.75, 3.05) is 25.4 Å². The first-order valence-electron chi connectivity index (χ1n) is 10.9. The van der Waals surface area contributed by atoms with E-state index < -0.39 is 15.9 Å². The molecule has 0 aliphatic carbocycles. The minimum atomic E-state index is -3.53. The van der Waals surface area contributed by atoms with Gasteiger partial charge in [-0.05, 0) is 33.8 Å². The number of fused-ring (bicyclic) bond motifs is 1. The summed E-state index contributed by atoms with van der Waals surface area (Å²) in [5, 5.41) is 7.21. The summed E-state index contributed by atoms with van der Waals surface area (Å²) >= 11 is 0. The number of nitrogens with zero attached hydrogens (tertiary/aromatic N) is 3. The molecule has 3 heterocycles. The molecule has 1 saturated heterocycles. The summed E-state index contributed by atoms with van der Waals surface area (Å²) in [6, 6.07) is 9.46. The number of carbonyl (C=O) groups excluding carboxylic acids is 1. The Labute approximate surface area is 193 Å². The molecule has 0 spiro atoms. The van der Waals surface area contributed by atoms with E-state index in [1.807, 2.05) is 45.0 Å². The number of hydrogen-bond donors (Lipinski definition) is 1. The maximum Gasteiger partial charge on any atom is 0.259 e. The van der Waals surface area contributed by atoms with E-state index in [-0.39, 0.29) is 30.2 Å². The van der Waals surface area contributed by atoms with Crippen molar-refractivity contribution >= 4 is 27.0 Å². The van der Waals surface area contributed by atoms with Crippen LogP contribution in [0.1, 0.15) is 35.5 Å². The second-order valence-corrected chi connectivity index (χ2v) is 10.6. The summed E-state index contributed by atoms with van der Waals surface area (Å²) in [6.07, 6.45) is -0.333. The summed E-state index contributed by atoms with van der Waals surface area (Å²) in [5.74, 6) is -0.596. The summed E-state index contributed by atoms with van der Waals surface area (Å²) in [7, 11) is -3.53. The first-order chi connectivity index (χ1) is 15.6. The molecule has 2 aromatic heterocycles. The van der Waals surface area contributed by atoms with Crippen LogP contribution in [0.4, 0.5) is 0 Å². The summed E-state index contributed by atoms with van der Waals surface area (Å²) in [6.45, 7) is 8.03. The van der Waals surface area contributed by atoms with Crippen molar-refractivity contribution < 1.29 is 22.5 Å².